The van der Waals surface area contributed by atoms with Crippen molar-refractivity contribution in [1.82, 2.24) is 15.5 Å². The minimum atomic E-state index is -0.0327. The van der Waals surface area contributed by atoms with Crippen molar-refractivity contribution in [2.24, 2.45) is 0 Å². The Hall–Kier alpha value is -1.55. The standard InChI is InChI=1S/C18H29N3O/c1-21(2)17(15-10-6-5-7-11-15)14-19-18(22)20-16-12-8-3-4-9-13-16/h5-7,10-11,16-17H,3-4,8-9,12-14H2,1-2H3,(H2,19,20,22). The molecule has 0 saturated heterocycles. The van der Waals surface area contributed by atoms with Crippen LogP contribution in [-0.2, 0) is 0 Å². The van der Waals surface area contributed by atoms with Crippen molar-refractivity contribution in [2.45, 2.75) is 50.6 Å². The molecule has 1 aromatic carbocycles. The fraction of sp³-hybridized carbons (Fsp3) is 0.611. The maximum Gasteiger partial charge on any atom is 0.315 e. The van der Waals surface area contributed by atoms with Gasteiger partial charge in [-0.25, -0.2) is 4.79 Å². The summed E-state index contributed by atoms with van der Waals surface area (Å²) in [6.07, 6.45) is 7.30. The molecule has 2 N–H and O–H groups in total. The second kappa shape index (κ2) is 8.79. The number of rotatable bonds is 5. The van der Waals surface area contributed by atoms with Gasteiger partial charge in [0.1, 0.15) is 0 Å². The van der Waals surface area contributed by atoms with Crippen molar-refractivity contribution < 1.29 is 4.79 Å². The van der Waals surface area contributed by atoms with Crippen molar-refractivity contribution in [1.29, 1.82) is 0 Å². The number of urea groups is 1. The molecule has 1 unspecified atom stereocenters. The van der Waals surface area contributed by atoms with E-state index in [1.165, 1.54) is 31.2 Å². The van der Waals surface area contributed by atoms with Gasteiger partial charge in [-0.05, 0) is 32.5 Å². The molecule has 1 aliphatic carbocycles. The third kappa shape index (κ3) is 5.34. The van der Waals surface area contributed by atoms with Crippen LogP contribution < -0.4 is 10.6 Å². The molecule has 2 amide bonds. The van der Waals surface area contributed by atoms with E-state index in [1.807, 2.05) is 32.3 Å². The van der Waals surface area contributed by atoms with Gasteiger partial charge in [0.25, 0.3) is 0 Å². The Morgan fingerprint density at radius 3 is 2.36 bits per heavy atom. The summed E-state index contributed by atoms with van der Waals surface area (Å²) in [5, 5.41) is 6.17. The quantitative estimate of drug-likeness (QED) is 0.820. The number of carbonyl (C=O) groups excluding carboxylic acids is 1. The third-order valence-corrected chi connectivity index (χ3v) is 4.45. The van der Waals surface area contributed by atoms with Gasteiger partial charge in [0, 0.05) is 12.6 Å². The highest BCUT2D eigenvalue weighted by Gasteiger charge is 2.17. The largest absolute Gasteiger partial charge is 0.336 e. The molecule has 1 saturated carbocycles. The second-order valence-corrected chi connectivity index (χ2v) is 6.43. The molecule has 0 bridgehead atoms. The van der Waals surface area contributed by atoms with Crippen molar-refractivity contribution in [3.8, 4) is 0 Å². The molecular formula is C18H29N3O. The van der Waals surface area contributed by atoms with Gasteiger partial charge in [-0.3, -0.25) is 0 Å². The molecule has 2 rings (SSSR count). The number of nitrogens with zero attached hydrogens (tertiary/aromatic N) is 1. The van der Waals surface area contributed by atoms with Crippen molar-refractivity contribution in [3.63, 3.8) is 0 Å². The number of hydrogen-bond donors (Lipinski definition) is 2. The summed E-state index contributed by atoms with van der Waals surface area (Å²) >= 11 is 0. The molecule has 0 heterocycles. The highest BCUT2D eigenvalue weighted by molar-refractivity contribution is 5.74. The van der Waals surface area contributed by atoms with Gasteiger partial charge >= 0.3 is 6.03 Å². The van der Waals surface area contributed by atoms with Crippen LogP contribution in [0.25, 0.3) is 0 Å². The molecule has 0 spiro atoms. The van der Waals surface area contributed by atoms with Crippen LogP contribution >= 0.6 is 0 Å². The van der Waals surface area contributed by atoms with Crippen molar-refractivity contribution in [2.75, 3.05) is 20.6 Å². The number of amides is 2. The summed E-state index contributed by atoms with van der Waals surface area (Å²) in [5.74, 6) is 0. The van der Waals surface area contributed by atoms with Gasteiger partial charge in [0.05, 0.1) is 6.04 Å². The molecule has 1 aliphatic rings. The van der Waals surface area contributed by atoms with Crippen LogP contribution in [0.15, 0.2) is 30.3 Å². The first kappa shape index (κ1) is 16.8. The monoisotopic (exact) mass is 303 g/mol. The fourth-order valence-corrected chi connectivity index (χ4v) is 3.12. The minimum absolute atomic E-state index is 0.0327. The predicted molar refractivity (Wildman–Crippen MR) is 90.9 cm³/mol. The van der Waals surface area contributed by atoms with E-state index in [-0.39, 0.29) is 12.1 Å². The minimum Gasteiger partial charge on any atom is -0.336 e. The van der Waals surface area contributed by atoms with Crippen LogP contribution in [0.3, 0.4) is 0 Å². The molecule has 0 aliphatic heterocycles. The van der Waals surface area contributed by atoms with Crippen LogP contribution in [0.5, 0.6) is 0 Å². The lowest BCUT2D eigenvalue weighted by Gasteiger charge is -2.26. The third-order valence-electron chi connectivity index (χ3n) is 4.45. The van der Waals surface area contributed by atoms with Gasteiger partial charge in [-0.15, -0.1) is 0 Å². The zero-order chi connectivity index (χ0) is 15.8. The first-order valence-electron chi connectivity index (χ1n) is 8.42. The Morgan fingerprint density at radius 1 is 1.14 bits per heavy atom. The molecule has 4 nitrogen and oxygen atoms in total. The van der Waals surface area contributed by atoms with Gasteiger partial charge in [-0.1, -0.05) is 56.0 Å². The summed E-state index contributed by atoms with van der Waals surface area (Å²) < 4.78 is 0. The lowest BCUT2D eigenvalue weighted by Crippen LogP contribution is -2.44. The van der Waals surface area contributed by atoms with E-state index in [0.29, 0.717) is 12.6 Å². The average Bonchev–Trinajstić information content (AvgIpc) is 2.77. The van der Waals surface area contributed by atoms with Gasteiger partial charge in [-0.2, -0.15) is 0 Å². The number of hydrogen-bond acceptors (Lipinski definition) is 2. The molecule has 1 aromatic rings. The Morgan fingerprint density at radius 2 is 1.77 bits per heavy atom. The summed E-state index contributed by atoms with van der Waals surface area (Å²) in [6, 6.07) is 10.8. The summed E-state index contributed by atoms with van der Waals surface area (Å²) in [6.45, 7) is 0.621. The first-order valence-corrected chi connectivity index (χ1v) is 8.42. The Balaban J connectivity index is 1.82. The van der Waals surface area contributed by atoms with E-state index in [1.54, 1.807) is 0 Å². The molecule has 122 valence electrons. The average molecular weight is 303 g/mol. The molecular weight excluding hydrogens is 274 g/mol. The lowest BCUT2D eigenvalue weighted by molar-refractivity contribution is 0.228. The molecule has 1 atom stereocenters. The van der Waals surface area contributed by atoms with E-state index in [9.17, 15) is 4.79 Å². The number of benzene rings is 1. The van der Waals surface area contributed by atoms with Gasteiger partial charge in [0.2, 0.25) is 0 Å². The number of carbonyl (C=O) groups is 1. The lowest BCUT2D eigenvalue weighted by atomic mass is 10.1. The molecule has 22 heavy (non-hydrogen) atoms. The summed E-state index contributed by atoms with van der Waals surface area (Å²) in [5.41, 5.74) is 1.22. The van der Waals surface area contributed by atoms with E-state index in [0.717, 1.165) is 12.8 Å². The normalized spacial score (nSPS) is 17.8. The van der Waals surface area contributed by atoms with Crippen LogP contribution in [0, 0.1) is 0 Å². The molecule has 0 radical (unpaired) electrons. The van der Waals surface area contributed by atoms with Crippen LogP contribution in [0.2, 0.25) is 0 Å². The first-order chi connectivity index (χ1) is 10.7. The van der Waals surface area contributed by atoms with Crippen LogP contribution in [-0.4, -0.2) is 37.6 Å². The van der Waals surface area contributed by atoms with E-state index < -0.39 is 0 Å². The maximum atomic E-state index is 12.1. The van der Waals surface area contributed by atoms with Crippen LogP contribution in [0.4, 0.5) is 4.79 Å². The van der Waals surface area contributed by atoms with Gasteiger partial charge < -0.3 is 15.5 Å². The molecule has 4 heteroatoms. The molecule has 1 fully saturated rings. The van der Waals surface area contributed by atoms with E-state index >= 15 is 0 Å². The highest BCUT2D eigenvalue weighted by atomic mass is 16.2. The zero-order valence-electron chi connectivity index (χ0n) is 13.8. The van der Waals surface area contributed by atoms with Crippen LogP contribution in [0.1, 0.15) is 50.1 Å². The predicted octanol–water partition coefficient (Wildman–Crippen LogP) is 3.31. The fourth-order valence-electron chi connectivity index (χ4n) is 3.12. The molecule has 0 aromatic heterocycles. The zero-order valence-corrected chi connectivity index (χ0v) is 13.8. The van der Waals surface area contributed by atoms with E-state index in [4.69, 9.17) is 0 Å². The summed E-state index contributed by atoms with van der Waals surface area (Å²) in [4.78, 5) is 14.3. The number of nitrogens with one attached hydrogen (secondary N) is 2. The number of likely N-dealkylation sites (N-methyl/N-ethyl adjacent to an activating group) is 1. The topological polar surface area (TPSA) is 44.4 Å². The van der Waals surface area contributed by atoms with Crippen molar-refractivity contribution >= 4 is 6.03 Å². The summed E-state index contributed by atoms with van der Waals surface area (Å²) in [7, 11) is 4.09. The van der Waals surface area contributed by atoms with E-state index in [2.05, 4.69) is 27.7 Å². The van der Waals surface area contributed by atoms with Crippen molar-refractivity contribution in [3.05, 3.63) is 35.9 Å². The second-order valence-electron chi connectivity index (χ2n) is 6.43. The Labute approximate surface area is 134 Å². The highest BCUT2D eigenvalue weighted by Crippen LogP contribution is 2.18. The SMILES string of the molecule is CN(C)C(CNC(=O)NC1CCCCCC1)c1ccccc1. The maximum absolute atomic E-state index is 12.1. The van der Waals surface area contributed by atoms with Gasteiger partial charge in [0.15, 0.2) is 0 Å². The Kier molecular flexibility index (Phi) is 6.72. The smallest absolute Gasteiger partial charge is 0.315 e. The Bertz CT molecular complexity index is 439.